The molecule has 1 heterocycles. The summed E-state index contributed by atoms with van der Waals surface area (Å²) in [6.45, 7) is 4.88. The number of ether oxygens (including phenoxy) is 2. The second-order valence-corrected chi connectivity index (χ2v) is 10.4. The number of nitrogens with zero attached hydrogens (tertiary/aromatic N) is 2. The quantitative estimate of drug-likeness (QED) is 0.0789. The summed E-state index contributed by atoms with van der Waals surface area (Å²) in [5, 5.41) is 8.32. The molecule has 2 aromatic carbocycles. The van der Waals surface area contributed by atoms with Crippen LogP contribution in [0.15, 0.2) is 46.9 Å². The Morgan fingerprint density at radius 3 is 2.05 bits per heavy atom. The highest BCUT2D eigenvalue weighted by Crippen LogP contribution is 2.24. The van der Waals surface area contributed by atoms with Gasteiger partial charge >= 0.3 is 5.97 Å². The van der Waals surface area contributed by atoms with Crippen LogP contribution in [0.4, 0.5) is 4.39 Å². The zero-order valence-electron chi connectivity index (χ0n) is 24.3. The highest BCUT2D eigenvalue weighted by Gasteiger charge is 2.14. The molecule has 3 aromatic rings. The van der Waals surface area contributed by atoms with Crippen molar-refractivity contribution in [2.45, 2.75) is 110 Å². The van der Waals surface area contributed by atoms with E-state index in [1.54, 1.807) is 24.3 Å². The molecule has 0 atom stereocenters. The van der Waals surface area contributed by atoms with Crippen molar-refractivity contribution in [3.8, 4) is 23.0 Å². The van der Waals surface area contributed by atoms with Gasteiger partial charge in [-0.3, -0.25) is 0 Å². The Labute approximate surface area is 238 Å². The summed E-state index contributed by atoms with van der Waals surface area (Å²) in [5.74, 6) is 0.352. The molecule has 0 saturated heterocycles. The lowest BCUT2D eigenvalue weighted by atomic mass is 10.1. The molecule has 0 amide bonds. The Morgan fingerprint density at radius 1 is 0.775 bits per heavy atom. The van der Waals surface area contributed by atoms with Crippen LogP contribution in [0.1, 0.15) is 120 Å². The molecule has 0 radical (unpaired) electrons. The van der Waals surface area contributed by atoms with Gasteiger partial charge in [-0.2, -0.15) is 0 Å². The molecule has 0 aliphatic carbocycles. The number of unbranched alkanes of at least 4 members (excludes halogenated alkanes) is 12. The fourth-order valence-electron chi connectivity index (χ4n) is 4.52. The zero-order valence-corrected chi connectivity index (χ0v) is 24.3. The number of esters is 1. The van der Waals surface area contributed by atoms with E-state index in [0.717, 1.165) is 37.3 Å². The molecule has 40 heavy (non-hydrogen) atoms. The minimum Gasteiger partial charge on any atom is -0.491 e. The van der Waals surface area contributed by atoms with Crippen molar-refractivity contribution >= 4 is 5.97 Å². The van der Waals surface area contributed by atoms with E-state index in [1.165, 1.54) is 82.8 Å². The van der Waals surface area contributed by atoms with E-state index in [1.807, 2.05) is 0 Å². The van der Waals surface area contributed by atoms with Gasteiger partial charge in [-0.05, 0) is 55.3 Å². The third kappa shape index (κ3) is 11.1. The molecular formula is C33H45FN2O4. The summed E-state index contributed by atoms with van der Waals surface area (Å²) < 4.78 is 31.3. The van der Waals surface area contributed by atoms with Gasteiger partial charge in [0.15, 0.2) is 11.6 Å². The Morgan fingerprint density at radius 2 is 1.40 bits per heavy atom. The standard InChI is InChI=1S/C33H45FN2O4/c1-3-5-7-9-11-12-13-15-17-31-35-36-32(40-31)26-18-21-28(22-19-26)39-33(37)27-20-23-30(29(34)25-27)38-24-16-14-10-8-6-4-2/h18-23,25H,3-17,24H2,1-2H3. The van der Waals surface area contributed by atoms with Crippen LogP contribution in [0.3, 0.4) is 0 Å². The highest BCUT2D eigenvalue weighted by atomic mass is 19.1. The average Bonchev–Trinajstić information content (AvgIpc) is 3.44. The van der Waals surface area contributed by atoms with Crippen molar-refractivity contribution in [1.82, 2.24) is 10.2 Å². The fraction of sp³-hybridized carbons (Fsp3) is 0.545. The number of hydrogen-bond acceptors (Lipinski definition) is 6. The molecule has 0 bridgehead atoms. The van der Waals surface area contributed by atoms with E-state index in [2.05, 4.69) is 24.0 Å². The minimum atomic E-state index is -0.639. The lowest BCUT2D eigenvalue weighted by Crippen LogP contribution is -2.09. The van der Waals surface area contributed by atoms with Crippen molar-refractivity contribution < 1.29 is 23.1 Å². The van der Waals surface area contributed by atoms with Gasteiger partial charge in [-0.25, -0.2) is 9.18 Å². The normalized spacial score (nSPS) is 11.1. The summed E-state index contributed by atoms with van der Waals surface area (Å²) in [6.07, 6.45) is 17.6. The van der Waals surface area contributed by atoms with Crippen LogP contribution in [0.25, 0.3) is 11.5 Å². The lowest BCUT2D eigenvalue weighted by molar-refractivity contribution is 0.0734. The van der Waals surface area contributed by atoms with Gasteiger partial charge in [0.2, 0.25) is 11.8 Å². The molecule has 3 rings (SSSR count). The first-order valence-corrected chi connectivity index (χ1v) is 15.2. The predicted octanol–water partition coefficient (Wildman–Crippen LogP) is 9.52. The van der Waals surface area contributed by atoms with E-state index in [0.29, 0.717) is 24.1 Å². The highest BCUT2D eigenvalue weighted by molar-refractivity contribution is 5.91. The van der Waals surface area contributed by atoms with Gasteiger partial charge in [-0.15, -0.1) is 10.2 Å². The zero-order chi connectivity index (χ0) is 28.4. The molecule has 0 N–H and O–H groups in total. The maximum Gasteiger partial charge on any atom is 0.343 e. The van der Waals surface area contributed by atoms with Crippen molar-refractivity contribution in [2.75, 3.05) is 6.61 Å². The summed E-state index contributed by atoms with van der Waals surface area (Å²) in [5.41, 5.74) is 0.864. The van der Waals surface area contributed by atoms with Crippen LogP contribution in [-0.2, 0) is 6.42 Å². The monoisotopic (exact) mass is 552 g/mol. The van der Waals surface area contributed by atoms with Crippen molar-refractivity contribution in [2.24, 2.45) is 0 Å². The number of benzene rings is 2. The van der Waals surface area contributed by atoms with E-state index >= 15 is 0 Å². The first-order chi connectivity index (χ1) is 19.6. The number of carbonyl (C=O) groups is 1. The van der Waals surface area contributed by atoms with Crippen LogP contribution in [-0.4, -0.2) is 22.8 Å². The Hall–Kier alpha value is -3.22. The smallest absolute Gasteiger partial charge is 0.343 e. The third-order valence-electron chi connectivity index (χ3n) is 6.95. The summed E-state index contributed by atoms with van der Waals surface area (Å²) in [7, 11) is 0. The molecule has 1 aromatic heterocycles. The van der Waals surface area contributed by atoms with Gasteiger partial charge < -0.3 is 13.9 Å². The molecule has 6 nitrogen and oxygen atoms in total. The van der Waals surface area contributed by atoms with Crippen LogP contribution in [0.2, 0.25) is 0 Å². The molecule has 0 spiro atoms. The Balaban J connectivity index is 1.41. The first kappa shape index (κ1) is 31.3. The number of hydrogen-bond donors (Lipinski definition) is 0. The Bertz CT molecular complexity index is 1130. The third-order valence-corrected chi connectivity index (χ3v) is 6.95. The molecule has 0 aliphatic rings. The number of carbonyl (C=O) groups excluding carboxylic acids is 1. The van der Waals surface area contributed by atoms with Gasteiger partial charge in [0, 0.05) is 12.0 Å². The van der Waals surface area contributed by atoms with E-state index in [4.69, 9.17) is 13.9 Å². The SMILES string of the molecule is CCCCCCCCCCc1nnc(-c2ccc(OC(=O)c3ccc(OCCCCCCCC)c(F)c3)cc2)o1. The summed E-state index contributed by atoms with van der Waals surface area (Å²) in [4.78, 5) is 12.6. The van der Waals surface area contributed by atoms with E-state index in [-0.39, 0.29) is 11.3 Å². The second kappa shape index (κ2) is 18.2. The summed E-state index contributed by atoms with van der Waals surface area (Å²) >= 11 is 0. The van der Waals surface area contributed by atoms with Gasteiger partial charge in [0.25, 0.3) is 0 Å². The van der Waals surface area contributed by atoms with E-state index in [9.17, 15) is 9.18 Å². The molecule has 0 fully saturated rings. The van der Waals surface area contributed by atoms with Crippen molar-refractivity contribution in [1.29, 1.82) is 0 Å². The first-order valence-electron chi connectivity index (χ1n) is 15.2. The van der Waals surface area contributed by atoms with Gasteiger partial charge in [-0.1, -0.05) is 90.9 Å². The van der Waals surface area contributed by atoms with Crippen LogP contribution in [0, 0.1) is 5.82 Å². The average molecular weight is 553 g/mol. The molecule has 0 aliphatic heterocycles. The number of aryl methyl sites for hydroxylation is 1. The minimum absolute atomic E-state index is 0.121. The molecule has 218 valence electrons. The van der Waals surface area contributed by atoms with Crippen LogP contribution >= 0.6 is 0 Å². The predicted molar refractivity (Wildman–Crippen MR) is 156 cm³/mol. The van der Waals surface area contributed by atoms with Crippen molar-refractivity contribution in [3.63, 3.8) is 0 Å². The fourth-order valence-corrected chi connectivity index (χ4v) is 4.52. The molecule has 0 unspecified atom stereocenters. The molecule has 7 heteroatoms. The number of aromatic nitrogens is 2. The molecule has 0 saturated carbocycles. The van der Waals surface area contributed by atoms with Gasteiger partial charge in [0.05, 0.1) is 12.2 Å². The van der Waals surface area contributed by atoms with E-state index < -0.39 is 11.8 Å². The lowest BCUT2D eigenvalue weighted by Gasteiger charge is -2.09. The molecular weight excluding hydrogens is 507 g/mol. The Kier molecular flexibility index (Phi) is 14.2. The maximum atomic E-state index is 14.5. The number of rotatable bonds is 20. The van der Waals surface area contributed by atoms with Crippen molar-refractivity contribution in [3.05, 3.63) is 59.7 Å². The van der Waals surface area contributed by atoms with Crippen LogP contribution in [0.5, 0.6) is 11.5 Å². The topological polar surface area (TPSA) is 74.5 Å². The maximum absolute atomic E-state index is 14.5. The summed E-state index contributed by atoms with van der Waals surface area (Å²) in [6, 6.07) is 11.0. The number of halogens is 1. The van der Waals surface area contributed by atoms with Crippen LogP contribution < -0.4 is 9.47 Å². The second-order valence-electron chi connectivity index (χ2n) is 10.4. The largest absolute Gasteiger partial charge is 0.491 e. The van der Waals surface area contributed by atoms with Gasteiger partial charge in [0.1, 0.15) is 5.75 Å².